The fraction of sp³-hybridized carbons (Fsp3) is 0.895. The van der Waals surface area contributed by atoms with E-state index in [4.69, 9.17) is 18.9 Å². The van der Waals surface area contributed by atoms with Gasteiger partial charge in [-0.2, -0.15) is 0 Å². The van der Waals surface area contributed by atoms with Crippen LogP contribution in [0.1, 0.15) is 91.9 Å². The summed E-state index contributed by atoms with van der Waals surface area (Å²) < 4.78 is 22.6. The fourth-order valence-electron chi connectivity index (χ4n) is 10.8. The van der Waals surface area contributed by atoms with E-state index in [1.54, 1.807) is 0 Å². The van der Waals surface area contributed by atoms with Crippen LogP contribution < -0.4 is 0 Å². The molecular formula is C38H60O12. The topological polar surface area (TPSA) is 192 Å². The average Bonchev–Trinajstić information content (AvgIpc) is 3.36. The van der Waals surface area contributed by atoms with E-state index < -0.39 is 49.2 Å². The number of hydrogen-bond acceptors (Lipinski definition) is 12. The van der Waals surface area contributed by atoms with E-state index in [0.29, 0.717) is 37.5 Å². The molecule has 12 nitrogen and oxygen atoms in total. The smallest absolute Gasteiger partial charge is 0.186 e. The summed E-state index contributed by atoms with van der Waals surface area (Å²) in [7, 11) is 0. The van der Waals surface area contributed by atoms with Gasteiger partial charge in [-0.15, -0.1) is 0 Å². The SMILES string of the molecule is C[C@@H](CCO[C@@H]1OC[C@@H](O)C(O)[C@@H]1O)CCC(=O)[C@@H](C)C1C(=O)CC2C3CC=C4C[C@@H](O[C@@H]5OC[C@@H](O)C(O)[C@@H]5O)CC[C@]4(C)C3CC[C@@]21C. The van der Waals surface area contributed by atoms with Crippen LogP contribution in [0.3, 0.4) is 0 Å². The largest absolute Gasteiger partial charge is 0.388 e. The van der Waals surface area contributed by atoms with E-state index in [-0.39, 0.29) is 72.0 Å². The molecule has 0 amide bonds. The molecule has 0 aromatic heterocycles. The van der Waals surface area contributed by atoms with Crippen molar-refractivity contribution >= 4 is 11.6 Å². The Morgan fingerprint density at radius 1 is 0.880 bits per heavy atom. The third-order valence-electron chi connectivity index (χ3n) is 14.0. The lowest BCUT2D eigenvalue weighted by Gasteiger charge is -2.58. The minimum Gasteiger partial charge on any atom is -0.388 e. The van der Waals surface area contributed by atoms with Crippen LogP contribution >= 0.6 is 0 Å². The van der Waals surface area contributed by atoms with E-state index in [1.165, 1.54) is 5.57 Å². The van der Waals surface area contributed by atoms with Crippen LogP contribution in [0, 0.1) is 46.3 Å². The molecule has 5 fully saturated rings. The van der Waals surface area contributed by atoms with Gasteiger partial charge in [0.1, 0.15) is 48.2 Å². The highest BCUT2D eigenvalue weighted by molar-refractivity contribution is 5.92. The lowest BCUT2D eigenvalue weighted by Crippen LogP contribution is -2.55. The van der Waals surface area contributed by atoms with Gasteiger partial charge in [0.05, 0.1) is 25.9 Å². The maximum atomic E-state index is 13.8. The molecule has 0 aromatic carbocycles. The molecule has 6 N–H and O–H groups in total. The Hall–Kier alpha value is -1.32. The quantitative estimate of drug-likeness (QED) is 0.172. The first-order valence-electron chi connectivity index (χ1n) is 19.0. The lowest BCUT2D eigenvalue weighted by molar-refractivity contribution is -0.284. The van der Waals surface area contributed by atoms with E-state index >= 15 is 0 Å². The molecule has 0 radical (unpaired) electrons. The van der Waals surface area contributed by atoms with Crippen molar-refractivity contribution in [1.29, 1.82) is 0 Å². The number of rotatable bonds is 11. The Morgan fingerprint density at radius 2 is 1.54 bits per heavy atom. The van der Waals surface area contributed by atoms with Gasteiger partial charge >= 0.3 is 0 Å². The van der Waals surface area contributed by atoms with E-state index in [9.17, 15) is 40.2 Å². The number of Topliss-reactive ketones (excluding diaryl/α,β-unsaturated/α-hetero) is 2. The van der Waals surface area contributed by atoms with Crippen molar-refractivity contribution in [2.75, 3.05) is 19.8 Å². The highest BCUT2D eigenvalue weighted by Gasteiger charge is 2.62. The molecule has 17 atom stereocenters. The first-order valence-corrected chi connectivity index (χ1v) is 19.0. The zero-order valence-corrected chi connectivity index (χ0v) is 30.1. The molecule has 0 spiro atoms. The molecule has 50 heavy (non-hydrogen) atoms. The summed E-state index contributed by atoms with van der Waals surface area (Å²) in [5.74, 6) is 0.989. The minimum absolute atomic E-state index is 0.00344. The predicted molar refractivity (Wildman–Crippen MR) is 179 cm³/mol. The summed E-state index contributed by atoms with van der Waals surface area (Å²) >= 11 is 0. The van der Waals surface area contributed by atoms with Crippen LogP contribution in [0.5, 0.6) is 0 Å². The predicted octanol–water partition coefficient (Wildman–Crippen LogP) is 2.04. The number of hydrogen-bond donors (Lipinski definition) is 6. The lowest BCUT2D eigenvalue weighted by atomic mass is 9.47. The number of carbonyl (C=O) groups excluding carboxylic acids is 2. The molecule has 6 unspecified atom stereocenters. The number of ketones is 2. The van der Waals surface area contributed by atoms with Gasteiger partial charge in [-0.05, 0) is 85.9 Å². The van der Waals surface area contributed by atoms with Gasteiger partial charge in [0, 0.05) is 24.7 Å². The highest BCUT2D eigenvalue weighted by Crippen LogP contribution is 2.66. The Labute approximate surface area is 295 Å². The second kappa shape index (κ2) is 15.2. The van der Waals surface area contributed by atoms with Crippen molar-refractivity contribution < 1.29 is 59.2 Å². The van der Waals surface area contributed by atoms with E-state index in [0.717, 1.165) is 38.5 Å². The molecule has 6 aliphatic rings. The van der Waals surface area contributed by atoms with Crippen molar-refractivity contribution in [3.8, 4) is 0 Å². The summed E-state index contributed by atoms with van der Waals surface area (Å²) in [6.45, 7) is 8.72. The Morgan fingerprint density at radius 3 is 2.24 bits per heavy atom. The molecule has 6 rings (SSSR count). The molecule has 3 saturated carbocycles. The van der Waals surface area contributed by atoms with Gasteiger partial charge in [0.25, 0.3) is 0 Å². The summed E-state index contributed by atoms with van der Waals surface area (Å²) in [5.41, 5.74) is 1.15. The van der Waals surface area contributed by atoms with Gasteiger partial charge in [0.2, 0.25) is 0 Å². The first-order chi connectivity index (χ1) is 23.7. The van der Waals surface area contributed by atoms with Gasteiger partial charge in [-0.1, -0.05) is 39.3 Å². The Kier molecular flexibility index (Phi) is 11.7. The normalized spacial score (nSPS) is 47.4. The monoisotopic (exact) mass is 708 g/mol. The molecule has 284 valence electrons. The Balaban J connectivity index is 1.02. The third kappa shape index (κ3) is 7.15. The number of fused-ring (bicyclic) bond motifs is 5. The molecular weight excluding hydrogens is 648 g/mol. The van der Waals surface area contributed by atoms with Crippen LogP contribution in [0.2, 0.25) is 0 Å². The van der Waals surface area contributed by atoms with Crippen LogP contribution in [0.25, 0.3) is 0 Å². The maximum absolute atomic E-state index is 13.8. The molecule has 2 aliphatic heterocycles. The van der Waals surface area contributed by atoms with Gasteiger partial charge in [-0.3, -0.25) is 9.59 Å². The Bertz CT molecular complexity index is 1260. The molecule has 4 aliphatic carbocycles. The van der Waals surface area contributed by atoms with Gasteiger partial charge in [0.15, 0.2) is 12.6 Å². The summed E-state index contributed by atoms with van der Waals surface area (Å²) in [4.78, 5) is 27.4. The molecule has 12 heteroatoms. The molecule has 0 bridgehead atoms. The second-order valence-corrected chi connectivity index (χ2v) is 17.0. The number of aliphatic hydroxyl groups is 6. The first kappa shape index (κ1) is 38.4. The van der Waals surface area contributed by atoms with E-state index in [2.05, 4.69) is 19.9 Å². The van der Waals surface area contributed by atoms with E-state index in [1.807, 2.05) is 13.8 Å². The van der Waals surface area contributed by atoms with Crippen LogP contribution in [-0.4, -0.2) is 117 Å². The number of aliphatic hydroxyl groups excluding tert-OH is 6. The third-order valence-corrected chi connectivity index (χ3v) is 14.0. The summed E-state index contributed by atoms with van der Waals surface area (Å²) in [5, 5.41) is 59.9. The van der Waals surface area contributed by atoms with Crippen molar-refractivity contribution in [2.24, 2.45) is 46.3 Å². The van der Waals surface area contributed by atoms with Crippen LogP contribution in [-0.2, 0) is 28.5 Å². The summed E-state index contributed by atoms with van der Waals surface area (Å²) in [6, 6.07) is 0. The zero-order chi connectivity index (χ0) is 36.1. The average molecular weight is 709 g/mol. The van der Waals surface area contributed by atoms with Gasteiger partial charge in [-0.25, -0.2) is 0 Å². The molecule has 2 heterocycles. The zero-order valence-electron chi connectivity index (χ0n) is 30.1. The number of ether oxygens (including phenoxy) is 4. The van der Waals surface area contributed by atoms with Crippen molar-refractivity contribution in [2.45, 2.75) is 147 Å². The van der Waals surface area contributed by atoms with Crippen molar-refractivity contribution in [3.05, 3.63) is 11.6 Å². The maximum Gasteiger partial charge on any atom is 0.186 e. The second-order valence-electron chi connectivity index (χ2n) is 17.0. The van der Waals surface area contributed by atoms with Crippen molar-refractivity contribution in [1.82, 2.24) is 0 Å². The van der Waals surface area contributed by atoms with Gasteiger partial charge < -0.3 is 49.6 Å². The minimum atomic E-state index is -1.32. The van der Waals surface area contributed by atoms with Crippen molar-refractivity contribution in [3.63, 3.8) is 0 Å². The van der Waals surface area contributed by atoms with Crippen LogP contribution in [0.4, 0.5) is 0 Å². The highest BCUT2D eigenvalue weighted by atomic mass is 16.7. The number of allylic oxidation sites excluding steroid dienone is 1. The number of carbonyl (C=O) groups is 2. The molecule has 2 saturated heterocycles. The fourth-order valence-corrected chi connectivity index (χ4v) is 10.8. The summed E-state index contributed by atoms with van der Waals surface area (Å²) in [6.07, 6.45) is 0.256. The molecule has 0 aromatic rings. The standard InChI is InChI=1S/C38H60O12/c1-19(11-14-47-35-33(45)31(43)28(41)17-48-35)5-8-26(39)20(2)30-27(40)16-25-23-7-6-21-15-22(50-36-34(46)32(44)29(42)18-49-36)9-12-37(21,3)24(23)10-13-38(25,30)4/h6,19-20,22-25,28-36,41-46H,5,7-18H2,1-4H3/t19-,20-,22+,23?,24?,25?,28-,29-,30?,31?,32?,33+,34+,35-,36+,37+,38+/m1/s1. The van der Waals surface area contributed by atoms with Crippen LogP contribution in [0.15, 0.2) is 11.6 Å².